The Morgan fingerprint density at radius 1 is 1.08 bits per heavy atom. The molecule has 0 spiro atoms. The van der Waals surface area contributed by atoms with Gasteiger partial charge in [-0.25, -0.2) is 9.59 Å². The summed E-state index contributed by atoms with van der Waals surface area (Å²) in [7, 11) is 2.42. The van der Waals surface area contributed by atoms with E-state index in [1.54, 1.807) is 59.5 Å². The maximum atomic E-state index is 13.1. The van der Waals surface area contributed by atoms with E-state index in [0.717, 1.165) is 5.56 Å². The second-order valence-corrected chi connectivity index (χ2v) is 8.29. The molecule has 1 aliphatic rings. The van der Waals surface area contributed by atoms with E-state index in [4.69, 9.17) is 26.8 Å². The Kier molecular flexibility index (Phi) is 7.08. The van der Waals surface area contributed by atoms with Crippen molar-refractivity contribution < 1.29 is 19.1 Å². The molecule has 182 valence electrons. The van der Waals surface area contributed by atoms with Gasteiger partial charge in [0.05, 0.1) is 55.1 Å². The molecule has 1 unspecified atom stereocenters. The van der Waals surface area contributed by atoms with Gasteiger partial charge in [0, 0.05) is 11.9 Å². The van der Waals surface area contributed by atoms with Crippen molar-refractivity contribution >= 4 is 29.2 Å². The van der Waals surface area contributed by atoms with Crippen LogP contribution in [0, 0.1) is 11.3 Å². The first-order chi connectivity index (χ1) is 17.4. The summed E-state index contributed by atoms with van der Waals surface area (Å²) in [4.78, 5) is 27.5. The van der Waals surface area contributed by atoms with E-state index in [9.17, 15) is 14.9 Å². The van der Waals surface area contributed by atoms with E-state index in [2.05, 4.69) is 11.2 Å². The maximum Gasteiger partial charge on any atom is 0.355 e. The molecule has 36 heavy (non-hydrogen) atoms. The summed E-state index contributed by atoms with van der Waals surface area (Å²) in [5.74, 6) is -2.49. The van der Waals surface area contributed by atoms with Gasteiger partial charge in [0.2, 0.25) is 0 Å². The molecule has 2 aromatic carbocycles. The molecule has 0 radical (unpaired) electrons. The fourth-order valence-electron chi connectivity index (χ4n) is 4.14. The molecule has 0 bridgehead atoms. The first-order valence-corrected chi connectivity index (χ1v) is 11.2. The van der Waals surface area contributed by atoms with Crippen LogP contribution in [0.5, 0.6) is 0 Å². The van der Waals surface area contributed by atoms with Gasteiger partial charge in [0.15, 0.2) is 0 Å². The van der Waals surface area contributed by atoms with Gasteiger partial charge in [-0.05, 0) is 23.3 Å². The van der Waals surface area contributed by atoms with E-state index < -0.39 is 17.9 Å². The summed E-state index contributed by atoms with van der Waals surface area (Å²) in [6, 6.07) is 18.1. The lowest BCUT2D eigenvalue weighted by Gasteiger charge is -2.35. The smallest absolute Gasteiger partial charge is 0.355 e. The lowest BCUT2D eigenvalue weighted by atomic mass is 9.81. The third-order valence-electron chi connectivity index (χ3n) is 5.75. The van der Waals surface area contributed by atoms with Crippen molar-refractivity contribution in [3.05, 3.63) is 106 Å². The lowest BCUT2D eigenvalue weighted by Crippen LogP contribution is -2.40. The number of halogens is 1. The molecular weight excluding hydrogens is 482 g/mol. The Hall–Kier alpha value is -4.55. The third-order valence-corrected chi connectivity index (χ3v) is 5.95. The summed E-state index contributed by atoms with van der Waals surface area (Å²) in [6.07, 6.45) is 3.24. The van der Waals surface area contributed by atoms with Crippen LogP contribution in [0.3, 0.4) is 0 Å². The highest BCUT2D eigenvalue weighted by atomic mass is 35.5. The SMILES string of the molecule is COC(=O)C1=C(C(=O)OC)N(c2ccc(Cn3cc(Cl)cn3)cc2)C(N)=C(C#N)C1c1ccccc1. The predicted octanol–water partition coefficient (Wildman–Crippen LogP) is 3.48. The number of nitriles is 1. The number of hydrogen-bond acceptors (Lipinski definition) is 8. The van der Waals surface area contributed by atoms with Gasteiger partial charge in [-0.15, -0.1) is 0 Å². The highest BCUT2D eigenvalue weighted by molar-refractivity contribution is 6.30. The van der Waals surface area contributed by atoms with Crippen molar-refractivity contribution in [2.75, 3.05) is 19.1 Å². The van der Waals surface area contributed by atoms with E-state index >= 15 is 0 Å². The van der Waals surface area contributed by atoms with Gasteiger partial charge in [-0.3, -0.25) is 9.58 Å². The second-order valence-electron chi connectivity index (χ2n) is 7.86. The number of esters is 2. The van der Waals surface area contributed by atoms with Crippen LogP contribution in [0.15, 0.2) is 89.7 Å². The van der Waals surface area contributed by atoms with Crippen LogP contribution in [-0.2, 0) is 25.6 Å². The number of carbonyl (C=O) groups is 2. The number of carbonyl (C=O) groups excluding carboxylic acids is 2. The number of methoxy groups -OCH3 is 2. The summed E-state index contributed by atoms with van der Waals surface area (Å²) < 4.78 is 11.8. The Labute approximate surface area is 212 Å². The van der Waals surface area contributed by atoms with Crippen molar-refractivity contribution in [1.29, 1.82) is 5.26 Å². The first-order valence-electron chi connectivity index (χ1n) is 10.8. The number of benzene rings is 2. The second kappa shape index (κ2) is 10.4. The number of rotatable bonds is 6. The summed E-state index contributed by atoms with van der Waals surface area (Å²) in [6.45, 7) is 0.463. The Bertz CT molecular complexity index is 1400. The molecule has 1 aliphatic heterocycles. The van der Waals surface area contributed by atoms with Crippen LogP contribution in [-0.4, -0.2) is 35.9 Å². The molecule has 10 heteroatoms. The summed E-state index contributed by atoms with van der Waals surface area (Å²) >= 11 is 5.94. The number of nitrogens with zero attached hydrogens (tertiary/aromatic N) is 4. The van der Waals surface area contributed by atoms with Crippen LogP contribution in [0.2, 0.25) is 5.02 Å². The van der Waals surface area contributed by atoms with E-state index in [1.807, 2.05) is 12.1 Å². The minimum Gasteiger partial charge on any atom is -0.466 e. The highest BCUT2D eigenvalue weighted by Crippen LogP contribution is 2.43. The molecule has 1 atom stereocenters. The van der Waals surface area contributed by atoms with Crippen LogP contribution in [0.1, 0.15) is 17.0 Å². The quantitative estimate of drug-likeness (QED) is 0.507. The number of ether oxygens (including phenoxy) is 2. The highest BCUT2D eigenvalue weighted by Gasteiger charge is 2.42. The molecule has 0 aliphatic carbocycles. The summed E-state index contributed by atoms with van der Waals surface area (Å²) in [5, 5.41) is 14.8. The van der Waals surface area contributed by atoms with Gasteiger partial charge >= 0.3 is 11.9 Å². The molecule has 9 nitrogen and oxygen atoms in total. The van der Waals surface area contributed by atoms with Gasteiger partial charge in [0.1, 0.15) is 11.5 Å². The first kappa shape index (κ1) is 24.6. The zero-order valence-corrected chi connectivity index (χ0v) is 20.3. The van der Waals surface area contributed by atoms with E-state index in [-0.39, 0.29) is 22.7 Å². The molecule has 3 aromatic rings. The zero-order chi connectivity index (χ0) is 25.8. The monoisotopic (exact) mass is 503 g/mol. The van der Waals surface area contributed by atoms with Crippen LogP contribution in [0.25, 0.3) is 0 Å². The molecule has 0 saturated heterocycles. The van der Waals surface area contributed by atoms with Gasteiger partial charge in [-0.2, -0.15) is 10.4 Å². The molecule has 4 rings (SSSR count). The number of aromatic nitrogens is 2. The predicted molar refractivity (Wildman–Crippen MR) is 132 cm³/mol. The van der Waals surface area contributed by atoms with Gasteiger partial charge in [0.25, 0.3) is 0 Å². The number of hydrogen-bond donors (Lipinski definition) is 1. The van der Waals surface area contributed by atoms with Crippen molar-refractivity contribution in [3.63, 3.8) is 0 Å². The average molecular weight is 504 g/mol. The lowest BCUT2D eigenvalue weighted by molar-refractivity contribution is -0.139. The van der Waals surface area contributed by atoms with Gasteiger partial charge < -0.3 is 15.2 Å². The Morgan fingerprint density at radius 3 is 2.31 bits per heavy atom. The van der Waals surface area contributed by atoms with Crippen molar-refractivity contribution in [3.8, 4) is 6.07 Å². The molecule has 2 N–H and O–H groups in total. The van der Waals surface area contributed by atoms with Crippen molar-refractivity contribution in [2.45, 2.75) is 12.5 Å². The molecule has 2 heterocycles. The fourth-order valence-corrected chi connectivity index (χ4v) is 4.30. The topological polar surface area (TPSA) is 123 Å². The molecular formula is C26H22ClN5O4. The van der Waals surface area contributed by atoms with E-state index in [1.165, 1.54) is 19.1 Å². The average Bonchev–Trinajstić information content (AvgIpc) is 3.32. The van der Waals surface area contributed by atoms with E-state index in [0.29, 0.717) is 22.8 Å². The maximum absolute atomic E-state index is 13.1. The van der Waals surface area contributed by atoms with Crippen LogP contribution < -0.4 is 10.6 Å². The molecule has 0 amide bonds. The standard InChI is InChI=1S/C26H22ClN5O4/c1-35-25(33)22-21(17-6-4-3-5-7-17)20(12-28)24(29)32(23(22)26(34)36-2)19-10-8-16(9-11-19)14-31-15-18(27)13-30-31/h3-11,13,15,21H,14,29H2,1-2H3. The zero-order valence-electron chi connectivity index (χ0n) is 19.5. The third kappa shape index (κ3) is 4.54. The van der Waals surface area contributed by atoms with Crippen LogP contribution in [0.4, 0.5) is 5.69 Å². The Morgan fingerprint density at radius 2 is 1.75 bits per heavy atom. The largest absolute Gasteiger partial charge is 0.466 e. The number of nitrogens with two attached hydrogens (primary N) is 1. The van der Waals surface area contributed by atoms with Gasteiger partial charge in [-0.1, -0.05) is 54.1 Å². The molecule has 0 saturated carbocycles. The fraction of sp³-hybridized carbons (Fsp3) is 0.154. The minimum atomic E-state index is -0.919. The Balaban J connectivity index is 1.88. The van der Waals surface area contributed by atoms with Crippen molar-refractivity contribution in [1.82, 2.24) is 9.78 Å². The summed E-state index contributed by atoms with van der Waals surface area (Å²) in [5.41, 5.74) is 8.40. The molecule has 1 aromatic heterocycles. The molecule has 0 fully saturated rings. The number of anilines is 1. The van der Waals surface area contributed by atoms with Crippen molar-refractivity contribution in [2.24, 2.45) is 5.73 Å². The minimum absolute atomic E-state index is 0.00557. The van der Waals surface area contributed by atoms with Crippen LogP contribution >= 0.6 is 11.6 Å². The normalized spacial score (nSPS) is 15.5. The number of allylic oxidation sites excluding steroid dienone is 1.